The molecule has 2 rings (SSSR count). The minimum absolute atomic E-state index is 0.209. The van der Waals surface area contributed by atoms with Gasteiger partial charge in [0.15, 0.2) is 0 Å². The molecule has 20 heavy (non-hydrogen) atoms. The second-order valence-electron chi connectivity index (χ2n) is 5.58. The summed E-state index contributed by atoms with van der Waals surface area (Å²) in [4.78, 5) is 23.7. The molecular weight excluding hydrogens is 254 g/mol. The molecule has 1 N–H and O–H groups in total. The lowest BCUT2D eigenvalue weighted by atomic mass is 9.89. The molecule has 1 aromatic rings. The molecule has 0 radical (unpaired) electrons. The van der Waals surface area contributed by atoms with Crippen LogP contribution < -0.4 is 16.6 Å². The largest absolute Gasteiger partial charge is 0.330 e. The lowest BCUT2D eigenvalue weighted by molar-refractivity contribution is 0.339. The van der Waals surface area contributed by atoms with Crippen LogP contribution in [0.2, 0.25) is 0 Å². The molecule has 1 aliphatic carbocycles. The summed E-state index contributed by atoms with van der Waals surface area (Å²) in [5.74, 6) is 0.767. The van der Waals surface area contributed by atoms with E-state index >= 15 is 0 Å². The fourth-order valence-corrected chi connectivity index (χ4v) is 2.89. The zero-order valence-electron chi connectivity index (χ0n) is 12.3. The molecule has 1 aromatic heterocycles. The van der Waals surface area contributed by atoms with Gasteiger partial charge in [-0.1, -0.05) is 19.3 Å². The zero-order valence-corrected chi connectivity index (χ0v) is 12.3. The lowest BCUT2D eigenvalue weighted by Gasteiger charge is -2.21. The van der Waals surface area contributed by atoms with E-state index in [1.807, 2.05) is 6.92 Å². The molecule has 0 bridgehead atoms. The number of nitrogens with zero attached hydrogens (tertiary/aromatic N) is 2. The fourth-order valence-electron chi connectivity index (χ4n) is 2.89. The highest BCUT2D eigenvalue weighted by atomic mass is 16.2. The van der Waals surface area contributed by atoms with Crippen molar-refractivity contribution in [3.8, 4) is 0 Å². The summed E-state index contributed by atoms with van der Waals surface area (Å²) >= 11 is 0. The van der Waals surface area contributed by atoms with Crippen molar-refractivity contribution in [2.75, 3.05) is 13.1 Å². The Morgan fingerprint density at radius 1 is 1.25 bits per heavy atom. The normalized spacial score (nSPS) is 16.4. The highest BCUT2D eigenvalue weighted by Gasteiger charge is 2.12. The second kappa shape index (κ2) is 7.43. The van der Waals surface area contributed by atoms with Crippen LogP contribution in [0.5, 0.6) is 0 Å². The average Bonchev–Trinajstić information content (AvgIpc) is 2.47. The molecule has 0 spiro atoms. The van der Waals surface area contributed by atoms with Crippen molar-refractivity contribution in [2.24, 2.45) is 5.92 Å². The predicted molar refractivity (Wildman–Crippen MR) is 80.1 cm³/mol. The highest BCUT2D eigenvalue weighted by molar-refractivity contribution is 4.86. The van der Waals surface area contributed by atoms with Crippen molar-refractivity contribution in [3.05, 3.63) is 33.1 Å². The molecule has 112 valence electrons. The van der Waals surface area contributed by atoms with E-state index in [0.717, 1.165) is 12.5 Å². The first kappa shape index (κ1) is 15.0. The minimum Gasteiger partial charge on any atom is -0.315 e. The van der Waals surface area contributed by atoms with Crippen molar-refractivity contribution in [1.82, 2.24) is 14.5 Å². The molecule has 0 amide bonds. The maximum absolute atomic E-state index is 12.0. The third kappa shape index (κ3) is 3.82. The SMILES string of the molecule is CCn1ccc(=O)n(CCNCC2CCCCC2)c1=O. The number of nitrogens with one attached hydrogen (secondary N) is 1. The van der Waals surface area contributed by atoms with E-state index in [1.54, 1.807) is 10.8 Å². The van der Waals surface area contributed by atoms with Crippen molar-refractivity contribution in [2.45, 2.75) is 52.1 Å². The van der Waals surface area contributed by atoms with Crippen LogP contribution in [0, 0.1) is 5.92 Å². The molecule has 0 unspecified atom stereocenters. The summed E-state index contributed by atoms with van der Waals surface area (Å²) in [5, 5.41) is 3.39. The number of aryl methyl sites for hydroxylation is 1. The van der Waals surface area contributed by atoms with Gasteiger partial charge in [0.2, 0.25) is 0 Å². The smallest absolute Gasteiger partial charge is 0.315 e. The molecule has 5 heteroatoms. The third-order valence-electron chi connectivity index (χ3n) is 4.15. The lowest BCUT2D eigenvalue weighted by Crippen LogP contribution is -2.41. The first-order valence-corrected chi connectivity index (χ1v) is 7.73. The standard InChI is InChI=1S/C15H25N3O2/c1-2-17-10-8-14(19)18(15(17)20)11-9-16-12-13-6-4-3-5-7-13/h8,10,13,16H,2-7,9,11-12H2,1H3. The molecule has 1 saturated carbocycles. The molecule has 0 saturated heterocycles. The van der Waals surface area contributed by atoms with Gasteiger partial charge in [-0.05, 0) is 32.2 Å². The number of rotatable bonds is 6. The predicted octanol–water partition coefficient (Wildman–Crippen LogP) is 1.20. The van der Waals surface area contributed by atoms with E-state index < -0.39 is 0 Å². The maximum Gasteiger partial charge on any atom is 0.330 e. The third-order valence-corrected chi connectivity index (χ3v) is 4.15. The summed E-state index contributed by atoms with van der Waals surface area (Å²) in [5.41, 5.74) is -0.418. The van der Waals surface area contributed by atoms with Crippen molar-refractivity contribution in [3.63, 3.8) is 0 Å². The Morgan fingerprint density at radius 2 is 2.00 bits per heavy atom. The van der Waals surface area contributed by atoms with E-state index in [2.05, 4.69) is 5.32 Å². The van der Waals surface area contributed by atoms with Crippen LogP contribution in [0.4, 0.5) is 0 Å². The first-order chi connectivity index (χ1) is 9.72. The minimum atomic E-state index is -0.209. The zero-order chi connectivity index (χ0) is 14.4. The molecule has 0 aromatic carbocycles. The Hall–Kier alpha value is -1.36. The van der Waals surface area contributed by atoms with Crippen LogP contribution in [0.15, 0.2) is 21.9 Å². The van der Waals surface area contributed by atoms with Crippen LogP contribution in [0.1, 0.15) is 39.0 Å². The molecule has 5 nitrogen and oxygen atoms in total. The highest BCUT2D eigenvalue weighted by Crippen LogP contribution is 2.22. The van der Waals surface area contributed by atoms with Gasteiger partial charge in [-0.25, -0.2) is 4.79 Å². The van der Waals surface area contributed by atoms with Crippen LogP contribution in [0.3, 0.4) is 0 Å². The summed E-state index contributed by atoms with van der Waals surface area (Å²) in [6, 6.07) is 1.46. The number of hydrogen-bond acceptors (Lipinski definition) is 3. The first-order valence-electron chi connectivity index (χ1n) is 7.73. The van der Waals surface area contributed by atoms with Gasteiger partial charge in [0.25, 0.3) is 5.56 Å². The van der Waals surface area contributed by atoms with Gasteiger partial charge in [0.05, 0.1) is 0 Å². The van der Waals surface area contributed by atoms with Gasteiger partial charge in [-0.3, -0.25) is 9.36 Å². The molecular formula is C15H25N3O2. The summed E-state index contributed by atoms with van der Waals surface area (Å²) in [6.07, 6.45) is 8.22. The average molecular weight is 279 g/mol. The van der Waals surface area contributed by atoms with E-state index in [1.165, 1.54) is 42.7 Å². The van der Waals surface area contributed by atoms with Gasteiger partial charge < -0.3 is 9.88 Å². The Balaban J connectivity index is 1.84. The quantitative estimate of drug-likeness (QED) is 0.796. The fraction of sp³-hybridized carbons (Fsp3) is 0.733. The van der Waals surface area contributed by atoms with E-state index in [9.17, 15) is 9.59 Å². The molecule has 1 aliphatic rings. The van der Waals surface area contributed by atoms with E-state index in [4.69, 9.17) is 0 Å². The van der Waals surface area contributed by atoms with E-state index in [-0.39, 0.29) is 11.2 Å². The van der Waals surface area contributed by atoms with Crippen LogP contribution in [-0.4, -0.2) is 22.2 Å². The van der Waals surface area contributed by atoms with Crippen LogP contribution in [0.25, 0.3) is 0 Å². The van der Waals surface area contributed by atoms with Gasteiger partial charge in [-0.2, -0.15) is 0 Å². The monoisotopic (exact) mass is 279 g/mol. The van der Waals surface area contributed by atoms with Crippen molar-refractivity contribution in [1.29, 1.82) is 0 Å². The van der Waals surface area contributed by atoms with Gasteiger partial charge in [0, 0.05) is 31.9 Å². The van der Waals surface area contributed by atoms with Crippen LogP contribution >= 0.6 is 0 Å². The van der Waals surface area contributed by atoms with Crippen molar-refractivity contribution >= 4 is 0 Å². The summed E-state index contributed by atoms with van der Waals surface area (Å²) < 4.78 is 2.87. The Morgan fingerprint density at radius 3 is 2.70 bits per heavy atom. The van der Waals surface area contributed by atoms with Crippen LogP contribution in [-0.2, 0) is 13.1 Å². The van der Waals surface area contributed by atoms with Gasteiger partial charge in [-0.15, -0.1) is 0 Å². The second-order valence-corrected chi connectivity index (χ2v) is 5.58. The van der Waals surface area contributed by atoms with Crippen molar-refractivity contribution < 1.29 is 0 Å². The number of aromatic nitrogens is 2. The Bertz CT molecular complexity index is 527. The molecule has 1 fully saturated rings. The summed E-state index contributed by atoms with van der Waals surface area (Å²) in [7, 11) is 0. The topological polar surface area (TPSA) is 56.0 Å². The molecule has 1 heterocycles. The van der Waals surface area contributed by atoms with Gasteiger partial charge in [0.1, 0.15) is 0 Å². The summed E-state index contributed by atoms with van der Waals surface area (Å²) in [6.45, 7) is 4.63. The Labute approximate surface area is 119 Å². The number of hydrogen-bond donors (Lipinski definition) is 1. The Kier molecular flexibility index (Phi) is 5.59. The van der Waals surface area contributed by atoms with Gasteiger partial charge >= 0.3 is 5.69 Å². The van der Waals surface area contributed by atoms with E-state index in [0.29, 0.717) is 19.6 Å². The molecule has 0 atom stereocenters. The maximum atomic E-state index is 12.0. The molecule has 0 aliphatic heterocycles.